The van der Waals surface area contributed by atoms with Gasteiger partial charge in [-0.3, -0.25) is 9.48 Å². The highest BCUT2D eigenvalue weighted by Gasteiger charge is 2.20. The molecule has 2 aromatic rings. The maximum absolute atomic E-state index is 12.4. The number of hydrogen-bond donors (Lipinski definition) is 1. The normalized spacial score (nSPS) is 14.4. The van der Waals surface area contributed by atoms with E-state index in [4.69, 9.17) is 4.74 Å². The van der Waals surface area contributed by atoms with Gasteiger partial charge in [0, 0.05) is 20.1 Å². The van der Waals surface area contributed by atoms with E-state index < -0.39 is 0 Å². The fourth-order valence-corrected chi connectivity index (χ4v) is 3.02. The van der Waals surface area contributed by atoms with Crippen LogP contribution in [0.4, 0.5) is 0 Å². The van der Waals surface area contributed by atoms with Gasteiger partial charge < -0.3 is 14.7 Å². The summed E-state index contributed by atoms with van der Waals surface area (Å²) in [5.41, 5.74) is 3.99. The standard InChI is InChI=1S/C19H23N3O3/c1-13-19(14(2)21(3)20-13)25-12-18(24)22-10-8-16(9-11-22)15-4-6-17(23)7-5-15/h4-8,23H,9-12H2,1-3H3. The molecule has 1 aliphatic rings. The number of aromatic nitrogens is 2. The van der Waals surface area contributed by atoms with E-state index in [0.29, 0.717) is 18.8 Å². The third-order valence-corrected chi connectivity index (χ3v) is 4.58. The predicted molar refractivity (Wildman–Crippen MR) is 95.5 cm³/mol. The molecule has 2 heterocycles. The van der Waals surface area contributed by atoms with E-state index in [2.05, 4.69) is 11.2 Å². The van der Waals surface area contributed by atoms with Crippen LogP contribution < -0.4 is 4.74 Å². The molecule has 25 heavy (non-hydrogen) atoms. The Morgan fingerprint density at radius 3 is 2.56 bits per heavy atom. The van der Waals surface area contributed by atoms with Crippen molar-refractivity contribution < 1.29 is 14.6 Å². The molecule has 1 aromatic carbocycles. The maximum atomic E-state index is 12.4. The van der Waals surface area contributed by atoms with Crippen molar-refractivity contribution in [2.24, 2.45) is 7.05 Å². The zero-order chi connectivity index (χ0) is 18.0. The fraction of sp³-hybridized carbons (Fsp3) is 0.368. The molecule has 0 unspecified atom stereocenters. The minimum Gasteiger partial charge on any atom is -0.508 e. The topological polar surface area (TPSA) is 67.6 Å². The highest BCUT2D eigenvalue weighted by atomic mass is 16.5. The summed E-state index contributed by atoms with van der Waals surface area (Å²) < 4.78 is 7.46. The number of phenolic OH excluding ortho intramolecular Hbond substituents is 1. The van der Waals surface area contributed by atoms with Gasteiger partial charge >= 0.3 is 0 Å². The number of carbonyl (C=O) groups excluding carboxylic acids is 1. The smallest absolute Gasteiger partial charge is 0.260 e. The predicted octanol–water partition coefficient (Wildman–Crippen LogP) is 2.44. The molecule has 3 rings (SSSR count). The molecule has 1 amide bonds. The van der Waals surface area contributed by atoms with Gasteiger partial charge in [0.1, 0.15) is 11.4 Å². The van der Waals surface area contributed by atoms with Crippen LogP contribution in [0, 0.1) is 13.8 Å². The first kappa shape index (κ1) is 17.1. The fourth-order valence-electron chi connectivity index (χ4n) is 3.02. The molecule has 132 valence electrons. The lowest BCUT2D eigenvalue weighted by molar-refractivity contribution is -0.132. The number of aryl methyl sites for hydroxylation is 2. The summed E-state index contributed by atoms with van der Waals surface area (Å²) in [5.74, 6) is 0.923. The number of phenols is 1. The van der Waals surface area contributed by atoms with Gasteiger partial charge in [-0.05, 0) is 43.5 Å². The van der Waals surface area contributed by atoms with Gasteiger partial charge in [-0.2, -0.15) is 5.10 Å². The molecular weight excluding hydrogens is 318 g/mol. The Hall–Kier alpha value is -2.76. The van der Waals surface area contributed by atoms with Gasteiger partial charge in [0.25, 0.3) is 5.91 Å². The zero-order valence-electron chi connectivity index (χ0n) is 14.8. The Morgan fingerprint density at radius 1 is 1.28 bits per heavy atom. The summed E-state index contributed by atoms with van der Waals surface area (Å²) in [6.45, 7) is 5.06. The molecule has 0 radical (unpaired) electrons. The Morgan fingerprint density at radius 2 is 2.00 bits per heavy atom. The molecule has 0 spiro atoms. The van der Waals surface area contributed by atoms with E-state index >= 15 is 0 Å². The van der Waals surface area contributed by atoms with Gasteiger partial charge in [-0.15, -0.1) is 0 Å². The van der Waals surface area contributed by atoms with Gasteiger partial charge in [-0.25, -0.2) is 0 Å². The third kappa shape index (κ3) is 3.68. The average Bonchev–Trinajstić information content (AvgIpc) is 2.86. The molecule has 6 heteroatoms. The summed E-state index contributed by atoms with van der Waals surface area (Å²) in [6.07, 6.45) is 2.86. The largest absolute Gasteiger partial charge is 0.508 e. The van der Waals surface area contributed by atoms with E-state index in [1.54, 1.807) is 21.7 Å². The molecule has 0 fully saturated rings. The van der Waals surface area contributed by atoms with Crippen LogP contribution in [0.5, 0.6) is 11.5 Å². The second kappa shape index (κ2) is 7.01. The van der Waals surface area contributed by atoms with Crippen LogP contribution in [0.15, 0.2) is 30.3 Å². The molecule has 1 aliphatic heterocycles. The minimum absolute atomic E-state index is 0.0236. The van der Waals surface area contributed by atoms with E-state index in [1.165, 1.54) is 5.57 Å². The molecule has 1 N–H and O–H groups in total. The first-order valence-electron chi connectivity index (χ1n) is 8.35. The lowest BCUT2D eigenvalue weighted by Gasteiger charge is -2.26. The summed E-state index contributed by atoms with van der Waals surface area (Å²) in [5, 5.41) is 13.7. The van der Waals surface area contributed by atoms with E-state index in [-0.39, 0.29) is 18.3 Å². The van der Waals surface area contributed by atoms with E-state index in [9.17, 15) is 9.90 Å². The lowest BCUT2D eigenvalue weighted by Crippen LogP contribution is -2.37. The molecule has 0 bridgehead atoms. The highest BCUT2D eigenvalue weighted by molar-refractivity contribution is 5.79. The zero-order valence-corrected chi connectivity index (χ0v) is 14.8. The van der Waals surface area contributed by atoms with Crippen LogP contribution in [0.3, 0.4) is 0 Å². The van der Waals surface area contributed by atoms with Crippen molar-refractivity contribution in [1.82, 2.24) is 14.7 Å². The van der Waals surface area contributed by atoms with Crippen LogP contribution >= 0.6 is 0 Å². The lowest BCUT2D eigenvalue weighted by atomic mass is 9.99. The monoisotopic (exact) mass is 341 g/mol. The number of benzene rings is 1. The van der Waals surface area contributed by atoms with Crippen molar-refractivity contribution in [3.63, 3.8) is 0 Å². The summed E-state index contributed by atoms with van der Waals surface area (Å²) in [7, 11) is 1.86. The number of amides is 1. The Labute approximate surface area is 147 Å². The second-order valence-corrected chi connectivity index (χ2v) is 6.28. The molecule has 0 saturated heterocycles. The number of ether oxygens (including phenoxy) is 1. The van der Waals surface area contributed by atoms with Crippen molar-refractivity contribution in [3.05, 3.63) is 47.3 Å². The minimum atomic E-state index is -0.0244. The van der Waals surface area contributed by atoms with Crippen molar-refractivity contribution in [2.45, 2.75) is 20.3 Å². The van der Waals surface area contributed by atoms with Gasteiger partial charge in [0.05, 0.1) is 5.69 Å². The Balaban J connectivity index is 1.58. The quantitative estimate of drug-likeness (QED) is 0.927. The molecule has 6 nitrogen and oxygen atoms in total. The van der Waals surface area contributed by atoms with Crippen LogP contribution in [-0.4, -0.2) is 45.4 Å². The van der Waals surface area contributed by atoms with Crippen molar-refractivity contribution in [3.8, 4) is 11.5 Å². The second-order valence-electron chi connectivity index (χ2n) is 6.28. The van der Waals surface area contributed by atoms with Crippen molar-refractivity contribution in [1.29, 1.82) is 0 Å². The number of aromatic hydroxyl groups is 1. The molecule has 0 saturated carbocycles. The number of rotatable bonds is 4. The molecule has 0 atom stereocenters. The highest BCUT2D eigenvalue weighted by Crippen LogP contribution is 2.25. The summed E-state index contributed by atoms with van der Waals surface area (Å²) in [4.78, 5) is 14.2. The van der Waals surface area contributed by atoms with Crippen molar-refractivity contribution in [2.75, 3.05) is 19.7 Å². The Kier molecular flexibility index (Phi) is 4.79. The van der Waals surface area contributed by atoms with Gasteiger partial charge in [0.15, 0.2) is 12.4 Å². The number of hydrogen-bond acceptors (Lipinski definition) is 4. The first-order valence-corrected chi connectivity index (χ1v) is 8.35. The third-order valence-electron chi connectivity index (χ3n) is 4.58. The maximum Gasteiger partial charge on any atom is 0.260 e. The molecule has 0 aliphatic carbocycles. The summed E-state index contributed by atoms with van der Waals surface area (Å²) in [6, 6.07) is 7.16. The molecular formula is C19H23N3O3. The first-order chi connectivity index (χ1) is 12.0. The van der Waals surface area contributed by atoms with E-state index in [1.807, 2.05) is 33.0 Å². The van der Waals surface area contributed by atoms with Gasteiger partial charge in [-0.1, -0.05) is 18.2 Å². The van der Waals surface area contributed by atoms with Crippen LogP contribution in [0.1, 0.15) is 23.4 Å². The van der Waals surface area contributed by atoms with Crippen LogP contribution in [0.25, 0.3) is 5.57 Å². The van der Waals surface area contributed by atoms with Crippen LogP contribution in [-0.2, 0) is 11.8 Å². The average molecular weight is 341 g/mol. The van der Waals surface area contributed by atoms with Crippen molar-refractivity contribution >= 4 is 11.5 Å². The number of carbonyl (C=O) groups is 1. The number of nitrogens with zero attached hydrogens (tertiary/aromatic N) is 3. The SMILES string of the molecule is Cc1nn(C)c(C)c1OCC(=O)N1CC=C(c2ccc(O)cc2)CC1. The van der Waals surface area contributed by atoms with Crippen LogP contribution in [0.2, 0.25) is 0 Å². The Bertz CT molecular complexity index is 806. The molecule has 1 aromatic heterocycles. The summed E-state index contributed by atoms with van der Waals surface area (Å²) >= 11 is 0. The van der Waals surface area contributed by atoms with Gasteiger partial charge in [0.2, 0.25) is 0 Å². The van der Waals surface area contributed by atoms with E-state index in [0.717, 1.165) is 23.4 Å².